The Morgan fingerprint density at radius 1 is 1.18 bits per heavy atom. The summed E-state index contributed by atoms with van der Waals surface area (Å²) in [7, 11) is 0. The fourth-order valence-electron chi connectivity index (χ4n) is 1.50. The van der Waals surface area contributed by atoms with E-state index in [9.17, 15) is 9.18 Å². The van der Waals surface area contributed by atoms with Gasteiger partial charge < -0.3 is 4.74 Å². The van der Waals surface area contributed by atoms with E-state index >= 15 is 0 Å². The lowest BCUT2D eigenvalue weighted by Crippen LogP contribution is -2.05. The molecule has 22 heavy (non-hydrogen) atoms. The molecule has 0 radical (unpaired) electrons. The third kappa shape index (κ3) is 3.96. The highest BCUT2D eigenvalue weighted by Gasteiger charge is 2.07. The number of ether oxygens (including phenoxy) is 1. The van der Waals surface area contributed by atoms with Crippen LogP contribution in [0.25, 0.3) is 0 Å². The van der Waals surface area contributed by atoms with Crippen LogP contribution >= 0.6 is 0 Å². The van der Waals surface area contributed by atoms with Crippen molar-refractivity contribution >= 4 is 5.97 Å². The predicted octanol–water partition coefficient (Wildman–Crippen LogP) is 3.74. The molecule has 0 aliphatic carbocycles. The fourth-order valence-corrected chi connectivity index (χ4v) is 1.50. The number of carbonyl (C=O) groups excluding carboxylic acids is 1. The largest absolute Gasteiger partial charge is 0.454 e. The van der Waals surface area contributed by atoms with Crippen molar-refractivity contribution in [3.63, 3.8) is 0 Å². The van der Waals surface area contributed by atoms with Gasteiger partial charge in [-0.05, 0) is 42.5 Å². The zero-order valence-electron chi connectivity index (χ0n) is 11.7. The first-order valence-electron chi connectivity index (χ1n) is 6.47. The van der Waals surface area contributed by atoms with Crippen molar-refractivity contribution in [2.24, 2.45) is 0 Å². The molecular formula is C16H12FNO4. The molecule has 0 saturated carbocycles. The average molecular weight is 301 g/mol. The smallest absolute Gasteiger partial charge is 0.355 e. The maximum atomic E-state index is 13.7. The topological polar surface area (TPSA) is 68.6 Å². The highest BCUT2D eigenvalue weighted by atomic mass is 19.1. The Morgan fingerprint density at radius 3 is 2.45 bits per heavy atom. The minimum absolute atomic E-state index is 0.00470. The number of nitrogens with zero attached hydrogens (tertiary/aromatic N) is 1. The summed E-state index contributed by atoms with van der Waals surface area (Å²) in [6.07, 6.45) is 0.208. The van der Waals surface area contributed by atoms with E-state index in [-0.39, 0.29) is 17.7 Å². The van der Waals surface area contributed by atoms with Crippen LogP contribution in [0.5, 0.6) is 17.2 Å². The fraction of sp³-hybridized carbons (Fsp3) is 0.125. The molecule has 2 aromatic carbocycles. The Bertz CT molecular complexity index is 707. The van der Waals surface area contributed by atoms with Gasteiger partial charge in [0.05, 0.1) is 11.6 Å². The Balaban J connectivity index is 2.02. The van der Waals surface area contributed by atoms with Gasteiger partial charge in [0, 0.05) is 6.42 Å². The van der Waals surface area contributed by atoms with E-state index in [1.165, 1.54) is 36.4 Å². The average Bonchev–Trinajstić information content (AvgIpc) is 2.55. The van der Waals surface area contributed by atoms with Gasteiger partial charge in [0.15, 0.2) is 17.3 Å². The summed E-state index contributed by atoms with van der Waals surface area (Å²) in [6.45, 7) is 1.65. The molecule has 2 rings (SSSR count). The van der Waals surface area contributed by atoms with Crippen molar-refractivity contribution < 1.29 is 23.7 Å². The quantitative estimate of drug-likeness (QED) is 0.621. The summed E-state index contributed by atoms with van der Waals surface area (Å²) in [5.74, 6) is -0.423. The first-order valence-corrected chi connectivity index (χ1v) is 6.47. The van der Waals surface area contributed by atoms with E-state index in [0.29, 0.717) is 11.5 Å². The van der Waals surface area contributed by atoms with E-state index in [0.717, 1.165) is 6.07 Å². The molecule has 112 valence electrons. The summed E-state index contributed by atoms with van der Waals surface area (Å²) in [4.78, 5) is 20.3. The Labute approximate surface area is 126 Å². The Kier molecular flexibility index (Phi) is 4.94. The molecule has 2 aromatic rings. The lowest BCUT2D eigenvalue weighted by Gasteiger charge is -2.08. The SMILES string of the molecule is CCC(=O)OOc1ccc(Oc2ccc(C#N)cc2F)cc1. The van der Waals surface area contributed by atoms with Crippen LogP contribution in [-0.2, 0) is 9.68 Å². The van der Waals surface area contributed by atoms with Crippen LogP contribution in [0, 0.1) is 17.1 Å². The molecule has 6 heteroatoms. The number of hydrogen-bond acceptors (Lipinski definition) is 5. The van der Waals surface area contributed by atoms with Crippen LogP contribution in [0.15, 0.2) is 42.5 Å². The monoisotopic (exact) mass is 301 g/mol. The number of rotatable bonds is 5. The van der Waals surface area contributed by atoms with E-state index in [1.54, 1.807) is 6.92 Å². The molecule has 0 bridgehead atoms. The molecule has 0 amide bonds. The molecule has 0 heterocycles. The molecule has 0 atom stereocenters. The summed E-state index contributed by atoms with van der Waals surface area (Å²) in [5.41, 5.74) is 0.214. The molecule has 0 unspecified atom stereocenters. The molecule has 0 saturated heterocycles. The van der Waals surface area contributed by atoms with Gasteiger partial charge in [0.2, 0.25) is 0 Å². The number of carbonyl (C=O) groups is 1. The molecule has 0 aromatic heterocycles. The first kappa shape index (κ1) is 15.3. The van der Waals surface area contributed by atoms with Crippen molar-refractivity contribution in [3.05, 3.63) is 53.8 Å². The first-order chi connectivity index (χ1) is 10.6. The second-order valence-electron chi connectivity index (χ2n) is 4.22. The minimum Gasteiger partial charge on any atom is -0.454 e. The van der Waals surface area contributed by atoms with E-state index in [1.807, 2.05) is 6.07 Å². The maximum Gasteiger partial charge on any atom is 0.355 e. The molecule has 0 fully saturated rings. The molecule has 5 nitrogen and oxygen atoms in total. The van der Waals surface area contributed by atoms with Crippen molar-refractivity contribution in [2.75, 3.05) is 0 Å². The number of nitriles is 1. The highest BCUT2D eigenvalue weighted by molar-refractivity contribution is 5.68. The second kappa shape index (κ2) is 7.09. The summed E-state index contributed by atoms with van der Waals surface area (Å²) in [5, 5.41) is 8.67. The molecule has 0 aliphatic heterocycles. The number of hydrogen-bond donors (Lipinski definition) is 0. The maximum absolute atomic E-state index is 13.7. The molecule has 0 aliphatic rings. The van der Waals surface area contributed by atoms with Gasteiger partial charge in [-0.1, -0.05) is 6.92 Å². The van der Waals surface area contributed by atoms with Gasteiger partial charge in [-0.2, -0.15) is 5.26 Å². The lowest BCUT2D eigenvalue weighted by atomic mass is 10.2. The third-order valence-corrected chi connectivity index (χ3v) is 2.63. The van der Waals surface area contributed by atoms with Crippen LogP contribution in [0.1, 0.15) is 18.9 Å². The zero-order chi connectivity index (χ0) is 15.9. The van der Waals surface area contributed by atoms with Crippen LogP contribution in [-0.4, -0.2) is 5.97 Å². The van der Waals surface area contributed by atoms with E-state index in [4.69, 9.17) is 14.9 Å². The van der Waals surface area contributed by atoms with Gasteiger partial charge >= 0.3 is 5.97 Å². The Morgan fingerprint density at radius 2 is 1.86 bits per heavy atom. The third-order valence-electron chi connectivity index (χ3n) is 2.63. The van der Waals surface area contributed by atoms with E-state index in [2.05, 4.69) is 4.89 Å². The standard InChI is InChI=1S/C16H12FNO4/c1-2-16(19)22-21-13-6-4-12(5-7-13)20-15-8-3-11(10-18)9-14(15)17/h3-9H,2H2,1H3. The van der Waals surface area contributed by atoms with Gasteiger partial charge in [-0.15, -0.1) is 0 Å². The van der Waals surface area contributed by atoms with Crippen molar-refractivity contribution in [3.8, 4) is 23.3 Å². The van der Waals surface area contributed by atoms with Gasteiger partial charge in [-0.25, -0.2) is 9.18 Å². The molecule has 0 spiro atoms. The van der Waals surface area contributed by atoms with Crippen molar-refractivity contribution in [1.29, 1.82) is 5.26 Å². The molecule has 0 N–H and O–H groups in total. The summed E-state index contributed by atoms with van der Waals surface area (Å²) >= 11 is 0. The highest BCUT2D eigenvalue weighted by Crippen LogP contribution is 2.26. The van der Waals surface area contributed by atoms with Gasteiger partial charge in [0.25, 0.3) is 0 Å². The zero-order valence-corrected chi connectivity index (χ0v) is 11.7. The van der Waals surface area contributed by atoms with Crippen LogP contribution in [0.3, 0.4) is 0 Å². The second-order valence-corrected chi connectivity index (χ2v) is 4.22. The van der Waals surface area contributed by atoms with Crippen molar-refractivity contribution in [1.82, 2.24) is 0 Å². The van der Waals surface area contributed by atoms with Gasteiger partial charge in [-0.3, -0.25) is 9.78 Å². The summed E-state index contributed by atoms with van der Waals surface area (Å²) < 4.78 is 19.1. The lowest BCUT2D eigenvalue weighted by molar-refractivity contribution is -0.213. The number of halogens is 1. The summed E-state index contributed by atoms with van der Waals surface area (Å²) in [6, 6.07) is 11.9. The van der Waals surface area contributed by atoms with Crippen molar-refractivity contribution in [2.45, 2.75) is 13.3 Å². The molecular weight excluding hydrogens is 289 g/mol. The van der Waals surface area contributed by atoms with Crippen LogP contribution in [0.2, 0.25) is 0 Å². The van der Waals surface area contributed by atoms with Crippen LogP contribution < -0.4 is 9.62 Å². The predicted molar refractivity (Wildman–Crippen MR) is 74.6 cm³/mol. The normalized spacial score (nSPS) is 9.68. The van der Waals surface area contributed by atoms with Crippen LogP contribution in [0.4, 0.5) is 4.39 Å². The minimum atomic E-state index is -0.628. The number of benzene rings is 2. The Hall–Kier alpha value is -3.07. The van der Waals surface area contributed by atoms with Gasteiger partial charge in [0.1, 0.15) is 5.75 Å². The van der Waals surface area contributed by atoms with E-state index < -0.39 is 11.8 Å².